The number of hydrogen-bond donors (Lipinski definition) is 3. The molecule has 0 aliphatic heterocycles. The molecule has 2 aromatic rings. The third-order valence-corrected chi connectivity index (χ3v) is 3.82. The van der Waals surface area contributed by atoms with E-state index in [1.807, 2.05) is 41.5 Å². The number of hydrogen-bond acceptors (Lipinski definition) is 6. The largest absolute Gasteiger partial charge is 0.465 e. The molecule has 0 saturated carbocycles. The summed E-state index contributed by atoms with van der Waals surface area (Å²) < 4.78 is 42.6. The molecule has 0 unspecified atom stereocenters. The molecule has 34 heavy (non-hydrogen) atoms. The van der Waals surface area contributed by atoms with E-state index >= 15 is 0 Å². The number of anilines is 1. The second-order valence-corrected chi connectivity index (χ2v) is 5.71. The van der Waals surface area contributed by atoms with Crippen molar-refractivity contribution in [1.82, 2.24) is 0 Å². The molecule has 0 aliphatic carbocycles. The number of esters is 1. The lowest BCUT2D eigenvalue weighted by Crippen LogP contribution is -2.16. The molecule has 0 spiro atoms. The van der Waals surface area contributed by atoms with Gasteiger partial charge in [0.15, 0.2) is 0 Å². The van der Waals surface area contributed by atoms with Crippen LogP contribution >= 0.6 is 0 Å². The van der Waals surface area contributed by atoms with E-state index in [1.165, 1.54) is 31.4 Å². The van der Waals surface area contributed by atoms with Crippen molar-refractivity contribution in [2.24, 2.45) is 5.73 Å². The summed E-state index contributed by atoms with van der Waals surface area (Å²) in [5.41, 5.74) is 10.1. The molecule has 0 atom stereocenters. The molecule has 0 radical (unpaired) electrons. The predicted octanol–water partition coefficient (Wildman–Crippen LogP) is 6.09. The number of carbonyl (C=O) groups is 2. The lowest BCUT2D eigenvalue weighted by Gasteiger charge is -2.11. The first kappa shape index (κ1) is 32.6. The lowest BCUT2D eigenvalue weighted by atomic mass is 10.0. The molecule has 9 heteroatoms. The molecule has 6 nitrogen and oxygen atoms in total. The molecule has 0 bridgehead atoms. The van der Waals surface area contributed by atoms with Gasteiger partial charge in [0.05, 0.1) is 18.2 Å². The Hall–Kier alpha value is -3.62. The van der Waals surface area contributed by atoms with Crippen molar-refractivity contribution >= 4 is 28.8 Å². The Kier molecular flexibility index (Phi) is 15.4. The van der Waals surface area contributed by atoms with E-state index in [1.54, 1.807) is 0 Å². The van der Waals surface area contributed by atoms with Crippen molar-refractivity contribution in [1.29, 1.82) is 5.41 Å². The molecule has 5 N–H and O–H groups in total. The van der Waals surface area contributed by atoms with Gasteiger partial charge in [-0.3, -0.25) is 10.2 Å². The number of rotatable bonds is 5. The van der Waals surface area contributed by atoms with Gasteiger partial charge >= 0.3 is 12.1 Å². The number of nitrogen functional groups attached to an aromatic ring is 1. The van der Waals surface area contributed by atoms with Crippen molar-refractivity contribution in [3.05, 3.63) is 70.8 Å². The molecule has 0 fully saturated rings. The lowest BCUT2D eigenvalue weighted by molar-refractivity contribution is -0.137. The summed E-state index contributed by atoms with van der Waals surface area (Å²) in [6.07, 6.45) is -3.62. The Morgan fingerprint density at radius 1 is 0.912 bits per heavy atom. The molecule has 0 aliphatic rings. The number of benzene rings is 2. The molecule has 0 amide bonds. The maximum absolute atomic E-state index is 12.7. The van der Waals surface area contributed by atoms with E-state index in [-0.39, 0.29) is 22.5 Å². The Bertz CT molecular complexity index is 968. The SMILES string of the molecule is CC.CC.CC.COC(=O)c1ccc(/C(N)=C/C(=O)C(=N)c2ccc(C(F)(F)F)cc2N)cc1. The van der Waals surface area contributed by atoms with Gasteiger partial charge in [-0.05, 0) is 29.8 Å². The molecule has 2 rings (SSSR count). The smallest absolute Gasteiger partial charge is 0.416 e. The van der Waals surface area contributed by atoms with Gasteiger partial charge in [-0.25, -0.2) is 4.79 Å². The van der Waals surface area contributed by atoms with Crippen LogP contribution in [0, 0.1) is 5.41 Å². The van der Waals surface area contributed by atoms with Crippen molar-refractivity contribution in [3.63, 3.8) is 0 Å². The maximum Gasteiger partial charge on any atom is 0.416 e. The first-order valence-corrected chi connectivity index (χ1v) is 10.8. The summed E-state index contributed by atoms with van der Waals surface area (Å²) in [6.45, 7) is 12.0. The van der Waals surface area contributed by atoms with Crippen LogP contribution in [0.2, 0.25) is 0 Å². The second kappa shape index (κ2) is 16.1. The van der Waals surface area contributed by atoms with Crippen LogP contribution in [-0.4, -0.2) is 24.6 Å². The van der Waals surface area contributed by atoms with Crippen LogP contribution in [0.25, 0.3) is 5.70 Å². The molecule has 2 aromatic carbocycles. The van der Waals surface area contributed by atoms with E-state index in [2.05, 4.69) is 4.74 Å². The van der Waals surface area contributed by atoms with Crippen LogP contribution in [0.15, 0.2) is 48.5 Å². The Morgan fingerprint density at radius 3 is 1.79 bits per heavy atom. The number of ketones is 1. The van der Waals surface area contributed by atoms with Crippen molar-refractivity contribution < 1.29 is 27.5 Å². The summed E-state index contributed by atoms with van der Waals surface area (Å²) in [7, 11) is 1.24. The molecule has 0 heterocycles. The number of nitrogens with one attached hydrogen (secondary N) is 1. The van der Waals surface area contributed by atoms with Gasteiger partial charge in [0.2, 0.25) is 5.78 Å². The summed E-state index contributed by atoms with van der Waals surface area (Å²) in [5.74, 6) is -1.37. The normalized spacial score (nSPS) is 10.2. The van der Waals surface area contributed by atoms with Crippen LogP contribution in [0.5, 0.6) is 0 Å². The zero-order chi connectivity index (χ0) is 27.1. The van der Waals surface area contributed by atoms with Crippen molar-refractivity contribution in [2.75, 3.05) is 12.8 Å². The average molecular weight is 482 g/mol. The quantitative estimate of drug-likeness (QED) is 0.207. The molecule has 0 saturated heterocycles. The summed E-state index contributed by atoms with van der Waals surface area (Å²) in [6, 6.07) is 8.25. The zero-order valence-corrected chi connectivity index (χ0v) is 20.6. The van der Waals surface area contributed by atoms with Crippen molar-refractivity contribution in [3.8, 4) is 0 Å². The standard InChI is InChI=1S/C19H16F3N3O3.3C2H6/c1-28-18(27)11-4-2-10(3-5-11)14(23)9-16(26)17(25)13-7-6-12(8-15(13)24)19(20,21)22;3*1-2/h2-9,25H,23-24H2,1H3;3*1-2H3/b14-9-,25-17?;;;. The summed E-state index contributed by atoms with van der Waals surface area (Å²) in [5, 5.41) is 7.90. The topological polar surface area (TPSA) is 119 Å². The number of carbonyl (C=O) groups excluding carboxylic acids is 2. The number of alkyl halides is 3. The van der Waals surface area contributed by atoms with E-state index in [9.17, 15) is 22.8 Å². The average Bonchev–Trinajstić information content (AvgIpc) is 2.86. The van der Waals surface area contributed by atoms with Gasteiger partial charge in [-0.15, -0.1) is 0 Å². The Labute approximate surface area is 199 Å². The highest BCUT2D eigenvalue weighted by Gasteiger charge is 2.31. The van der Waals surface area contributed by atoms with Crippen LogP contribution in [0.4, 0.5) is 18.9 Å². The monoisotopic (exact) mass is 481 g/mol. The van der Waals surface area contributed by atoms with Crippen LogP contribution in [0.3, 0.4) is 0 Å². The van der Waals surface area contributed by atoms with Gasteiger partial charge in [-0.2, -0.15) is 13.2 Å². The highest BCUT2D eigenvalue weighted by atomic mass is 19.4. The fourth-order valence-electron chi connectivity index (χ4n) is 2.31. The van der Waals surface area contributed by atoms with Gasteiger partial charge in [0.25, 0.3) is 0 Å². The molecule has 188 valence electrons. The Morgan fingerprint density at radius 2 is 1.38 bits per heavy atom. The van der Waals surface area contributed by atoms with Gasteiger partial charge in [0.1, 0.15) is 5.71 Å². The molecule has 0 aromatic heterocycles. The fraction of sp³-hybridized carbons (Fsp3) is 0.320. The van der Waals surface area contributed by atoms with Crippen molar-refractivity contribution in [2.45, 2.75) is 47.7 Å². The highest BCUT2D eigenvalue weighted by molar-refractivity contribution is 6.50. The third kappa shape index (κ3) is 9.48. The number of nitrogens with two attached hydrogens (primary N) is 2. The number of ether oxygens (including phenoxy) is 1. The highest BCUT2D eigenvalue weighted by Crippen LogP contribution is 2.31. The van der Waals surface area contributed by atoms with E-state index < -0.39 is 29.2 Å². The van der Waals surface area contributed by atoms with Gasteiger partial charge in [-0.1, -0.05) is 59.7 Å². The fourth-order valence-corrected chi connectivity index (χ4v) is 2.31. The van der Waals surface area contributed by atoms with Gasteiger partial charge in [0, 0.05) is 23.0 Å². The van der Waals surface area contributed by atoms with E-state index in [0.717, 1.165) is 18.2 Å². The first-order valence-electron chi connectivity index (χ1n) is 10.8. The number of allylic oxidation sites excluding steroid dienone is 1. The minimum absolute atomic E-state index is 0.0108. The minimum atomic E-state index is -4.58. The minimum Gasteiger partial charge on any atom is -0.465 e. The predicted molar refractivity (Wildman–Crippen MR) is 132 cm³/mol. The van der Waals surface area contributed by atoms with Gasteiger partial charge < -0.3 is 16.2 Å². The summed E-state index contributed by atoms with van der Waals surface area (Å²) >= 11 is 0. The second-order valence-electron chi connectivity index (χ2n) is 5.71. The summed E-state index contributed by atoms with van der Waals surface area (Å²) in [4.78, 5) is 23.7. The zero-order valence-electron chi connectivity index (χ0n) is 20.6. The number of methoxy groups -OCH3 is 1. The van der Waals surface area contributed by atoms with Crippen LogP contribution in [-0.2, 0) is 15.7 Å². The molecular weight excluding hydrogens is 447 g/mol. The Balaban J connectivity index is 0. The maximum atomic E-state index is 12.7. The first-order chi connectivity index (χ1) is 16.0. The van der Waals surface area contributed by atoms with Crippen LogP contribution < -0.4 is 11.5 Å². The third-order valence-electron chi connectivity index (χ3n) is 3.82. The molecular formula is C25H34F3N3O3. The van der Waals surface area contributed by atoms with E-state index in [4.69, 9.17) is 16.9 Å². The number of halogens is 3. The van der Waals surface area contributed by atoms with E-state index in [0.29, 0.717) is 11.6 Å². The van der Waals surface area contributed by atoms with Crippen LogP contribution in [0.1, 0.15) is 68.6 Å².